The van der Waals surface area contributed by atoms with Gasteiger partial charge in [0.05, 0.1) is 19.3 Å². The standard InChI is InChI=1S/C31H36N2O4/c1-5-37-31(35)26-12-8-23(9-13-26)22-6-10-25(11-7-22)30(34)32-27-14-15-29(36-4)28(20-27)24-16-18-33(19-17-24)21(2)3/h6-15,20-21,24H,5,16-19H2,1-4H3,(H,32,34). The van der Waals surface area contributed by atoms with Gasteiger partial charge in [0.15, 0.2) is 0 Å². The zero-order valence-electron chi connectivity index (χ0n) is 22.1. The highest BCUT2D eigenvalue weighted by molar-refractivity contribution is 6.04. The minimum atomic E-state index is -0.330. The molecule has 0 aromatic heterocycles. The van der Waals surface area contributed by atoms with Gasteiger partial charge >= 0.3 is 5.97 Å². The van der Waals surface area contributed by atoms with Crippen LogP contribution in [0, 0.1) is 0 Å². The van der Waals surface area contributed by atoms with E-state index in [1.165, 1.54) is 0 Å². The number of esters is 1. The van der Waals surface area contributed by atoms with Crippen molar-refractivity contribution in [3.63, 3.8) is 0 Å². The normalized spacial score (nSPS) is 14.4. The zero-order chi connectivity index (χ0) is 26.4. The number of hydrogen-bond donors (Lipinski definition) is 1. The molecule has 6 heteroatoms. The molecule has 6 nitrogen and oxygen atoms in total. The Labute approximate surface area is 219 Å². The maximum atomic E-state index is 13.0. The highest BCUT2D eigenvalue weighted by Crippen LogP contribution is 2.36. The van der Waals surface area contributed by atoms with Crippen molar-refractivity contribution in [2.45, 2.75) is 45.6 Å². The van der Waals surface area contributed by atoms with E-state index < -0.39 is 0 Å². The van der Waals surface area contributed by atoms with Crippen LogP contribution in [0.1, 0.15) is 65.8 Å². The van der Waals surface area contributed by atoms with Gasteiger partial charge in [-0.3, -0.25) is 4.79 Å². The minimum Gasteiger partial charge on any atom is -0.496 e. The van der Waals surface area contributed by atoms with Gasteiger partial charge in [0.25, 0.3) is 5.91 Å². The average Bonchev–Trinajstić information content (AvgIpc) is 2.93. The average molecular weight is 501 g/mol. The molecule has 0 radical (unpaired) electrons. The number of amides is 1. The van der Waals surface area contributed by atoms with Crippen molar-refractivity contribution in [2.24, 2.45) is 0 Å². The molecule has 0 bridgehead atoms. The van der Waals surface area contributed by atoms with Crippen molar-refractivity contribution < 1.29 is 19.1 Å². The topological polar surface area (TPSA) is 67.9 Å². The summed E-state index contributed by atoms with van der Waals surface area (Å²) in [5.41, 5.74) is 4.95. The number of ether oxygens (including phenoxy) is 2. The van der Waals surface area contributed by atoms with Gasteiger partial charge in [-0.25, -0.2) is 4.79 Å². The second-order valence-electron chi connectivity index (χ2n) is 9.69. The number of piperidine rings is 1. The molecule has 1 fully saturated rings. The predicted octanol–water partition coefficient (Wildman–Crippen LogP) is 6.38. The lowest BCUT2D eigenvalue weighted by molar-refractivity contribution is 0.0526. The highest BCUT2D eigenvalue weighted by atomic mass is 16.5. The molecule has 1 aliphatic rings. The summed E-state index contributed by atoms with van der Waals surface area (Å²) in [5, 5.41) is 3.05. The molecule has 1 saturated heterocycles. The van der Waals surface area contributed by atoms with Gasteiger partial charge in [-0.15, -0.1) is 0 Å². The quantitative estimate of drug-likeness (QED) is 0.364. The molecule has 0 atom stereocenters. The van der Waals surface area contributed by atoms with Crippen LogP contribution in [-0.4, -0.2) is 49.6 Å². The van der Waals surface area contributed by atoms with E-state index in [-0.39, 0.29) is 11.9 Å². The fourth-order valence-electron chi connectivity index (χ4n) is 4.89. The number of nitrogens with zero attached hydrogens (tertiary/aromatic N) is 1. The van der Waals surface area contributed by atoms with E-state index in [0.29, 0.717) is 29.7 Å². The second kappa shape index (κ2) is 12.1. The molecular formula is C31H36N2O4. The van der Waals surface area contributed by atoms with Crippen molar-refractivity contribution in [3.8, 4) is 16.9 Å². The zero-order valence-corrected chi connectivity index (χ0v) is 22.1. The van der Waals surface area contributed by atoms with Crippen LogP contribution in [0.3, 0.4) is 0 Å². The van der Waals surface area contributed by atoms with E-state index in [2.05, 4.69) is 30.1 Å². The molecule has 194 valence electrons. The molecule has 0 aliphatic carbocycles. The van der Waals surface area contributed by atoms with Crippen molar-refractivity contribution in [1.82, 2.24) is 4.90 Å². The summed E-state index contributed by atoms with van der Waals surface area (Å²) >= 11 is 0. The molecular weight excluding hydrogens is 464 g/mol. The Bertz CT molecular complexity index is 1210. The van der Waals surface area contributed by atoms with Crippen LogP contribution in [0.2, 0.25) is 0 Å². The smallest absolute Gasteiger partial charge is 0.338 e. The second-order valence-corrected chi connectivity index (χ2v) is 9.69. The molecule has 1 aliphatic heterocycles. The Morgan fingerprint density at radius 3 is 2.05 bits per heavy atom. The molecule has 3 aromatic rings. The SMILES string of the molecule is CCOC(=O)c1ccc(-c2ccc(C(=O)Nc3ccc(OC)c(C4CCN(C(C)C)CC4)c3)cc2)cc1. The number of carbonyl (C=O) groups is 2. The predicted molar refractivity (Wildman–Crippen MR) is 147 cm³/mol. The molecule has 1 amide bonds. The third-order valence-corrected chi connectivity index (χ3v) is 7.06. The lowest BCUT2D eigenvalue weighted by atomic mass is 9.88. The lowest BCUT2D eigenvalue weighted by Crippen LogP contribution is -2.37. The van der Waals surface area contributed by atoms with Crippen molar-refractivity contribution >= 4 is 17.6 Å². The molecule has 0 saturated carbocycles. The van der Waals surface area contributed by atoms with Gasteiger partial charge in [-0.1, -0.05) is 24.3 Å². The van der Waals surface area contributed by atoms with Crippen LogP contribution in [0.5, 0.6) is 5.75 Å². The van der Waals surface area contributed by atoms with Crippen LogP contribution in [0.15, 0.2) is 66.7 Å². The minimum absolute atomic E-state index is 0.157. The monoisotopic (exact) mass is 500 g/mol. The maximum absolute atomic E-state index is 13.0. The van der Waals surface area contributed by atoms with Gasteiger partial charge < -0.3 is 19.7 Å². The fraction of sp³-hybridized carbons (Fsp3) is 0.355. The summed E-state index contributed by atoms with van der Waals surface area (Å²) in [5.74, 6) is 0.800. The van der Waals surface area contributed by atoms with Crippen LogP contribution in [0.25, 0.3) is 11.1 Å². The Balaban J connectivity index is 1.43. The van der Waals surface area contributed by atoms with Crippen LogP contribution < -0.4 is 10.1 Å². The largest absolute Gasteiger partial charge is 0.496 e. The Hall–Kier alpha value is -3.64. The maximum Gasteiger partial charge on any atom is 0.338 e. The first-order valence-corrected chi connectivity index (χ1v) is 13.0. The number of methoxy groups -OCH3 is 1. The molecule has 3 aromatic carbocycles. The number of benzene rings is 3. The first kappa shape index (κ1) is 26.4. The summed E-state index contributed by atoms with van der Waals surface area (Å²) in [6.45, 7) is 8.75. The number of nitrogens with one attached hydrogen (secondary N) is 1. The fourth-order valence-corrected chi connectivity index (χ4v) is 4.89. The Morgan fingerprint density at radius 1 is 0.919 bits per heavy atom. The molecule has 0 unspecified atom stereocenters. The summed E-state index contributed by atoms with van der Waals surface area (Å²) in [6, 6.07) is 21.2. The highest BCUT2D eigenvalue weighted by Gasteiger charge is 2.24. The van der Waals surface area contributed by atoms with E-state index in [4.69, 9.17) is 9.47 Å². The summed E-state index contributed by atoms with van der Waals surface area (Å²) in [7, 11) is 1.70. The van der Waals surface area contributed by atoms with Crippen LogP contribution in [-0.2, 0) is 4.74 Å². The third kappa shape index (κ3) is 6.38. The number of hydrogen-bond acceptors (Lipinski definition) is 5. The van der Waals surface area contributed by atoms with Crippen molar-refractivity contribution in [1.29, 1.82) is 0 Å². The molecule has 37 heavy (non-hydrogen) atoms. The van der Waals surface area contributed by atoms with Gasteiger partial charge in [-0.05, 0) is 112 Å². The Morgan fingerprint density at radius 2 is 1.51 bits per heavy atom. The van der Waals surface area contributed by atoms with Gasteiger partial charge in [0, 0.05) is 17.3 Å². The summed E-state index contributed by atoms with van der Waals surface area (Å²) in [4.78, 5) is 27.4. The molecule has 1 heterocycles. The number of anilines is 1. The van der Waals surface area contributed by atoms with E-state index in [0.717, 1.165) is 54.1 Å². The Kier molecular flexibility index (Phi) is 8.62. The van der Waals surface area contributed by atoms with E-state index >= 15 is 0 Å². The van der Waals surface area contributed by atoms with E-state index in [1.807, 2.05) is 48.5 Å². The third-order valence-electron chi connectivity index (χ3n) is 7.06. The van der Waals surface area contributed by atoms with Crippen LogP contribution >= 0.6 is 0 Å². The molecule has 1 N–H and O–H groups in total. The molecule has 0 spiro atoms. The first-order valence-electron chi connectivity index (χ1n) is 13.0. The summed E-state index contributed by atoms with van der Waals surface area (Å²) in [6.07, 6.45) is 2.16. The van der Waals surface area contributed by atoms with Crippen LogP contribution in [0.4, 0.5) is 5.69 Å². The summed E-state index contributed by atoms with van der Waals surface area (Å²) < 4.78 is 10.7. The van der Waals surface area contributed by atoms with E-state index in [1.54, 1.807) is 26.2 Å². The van der Waals surface area contributed by atoms with E-state index in [9.17, 15) is 9.59 Å². The first-order chi connectivity index (χ1) is 17.9. The van der Waals surface area contributed by atoms with Crippen molar-refractivity contribution in [2.75, 3.05) is 32.1 Å². The number of rotatable bonds is 8. The van der Waals surface area contributed by atoms with Gasteiger partial charge in [-0.2, -0.15) is 0 Å². The molecule has 4 rings (SSSR count). The number of likely N-dealkylation sites (tertiary alicyclic amines) is 1. The lowest BCUT2D eigenvalue weighted by Gasteiger charge is -2.35. The number of carbonyl (C=O) groups excluding carboxylic acids is 2. The van der Waals surface area contributed by atoms with Gasteiger partial charge in [0.2, 0.25) is 0 Å². The van der Waals surface area contributed by atoms with Crippen molar-refractivity contribution in [3.05, 3.63) is 83.4 Å². The van der Waals surface area contributed by atoms with Gasteiger partial charge in [0.1, 0.15) is 5.75 Å².